The first-order valence-corrected chi connectivity index (χ1v) is 7.32. The van der Waals surface area contributed by atoms with E-state index in [0.717, 1.165) is 23.0 Å². The zero-order valence-electron chi connectivity index (χ0n) is 10.4. The van der Waals surface area contributed by atoms with Gasteiger partial charge in [-0.1, -0.05) is 23.8 Å². The Morgan fingerprint density at radius 2 is 1.89 bits per heavy atom. The third kappa shape index (κ3) is 4.30. The third-order valence-corrected chi connectivity index (χ3v) is 4.60. The molecule has 0 aliphatic heterocycles. The van der Waals surface area contributed by atoms with Crippen molar-refractivity contribution in [2.24, 2.45) is 0 Å². The summed E-state index contributed by atoms with van der Waals surface area (Å²) >= 11 is 0.762. The van der Waals surface area contributed by atoms with Crippen molar-refractivity contribution in [1.29, 1.82) is 0 Å². The fraction of sp³-hybridized carbons (Fsp3) is 0.0833. The van der Waals surface area contributed by atoms with Crippen molar-refractivity contribution in [2.45, 2.75) is 11.1 Å². The van der Waals surface area contributed by atoms with E-state index in [4.69, 9.17) is 0 Å². The average molecular weight is 320 g/mol. The SMILES string of the molecule is Cc1cccc(C(=O)c2csc(S(=O)(=O)[O-])c2)c1.[K+]. The molecule has 0 radical (unpaired) electrons. The smallest absolute Gasteiger partial charge is 0.743 e. The number of rotatable bonds is 3. The normalized spacial score (nSPS) is 10.8. The molecule has 0 fully saturated rings. The van der Waals surface area contributed by atoms with Gasteiger partial charge in [0, 0.05) is 16.5 Å². The van der Waals surface area contributed by atoms with Crippen LogP contribution >= 0.6 is 11.3 Å². The third-order valence-electron chi connectivity index (χ3n) is 2.36. The van der Waals surface area contributed by atoms with Crippen LogP contribution in [0.1, 0.15) is 21.5 Å². The topological polar surface area (TPSA) is 74.3 Å². The van der Waals surface area contributed by atoms with Crippen LogP contribution in [0, 0.1) is 6.92 Å². The van der Waals surface area contributed by atoms with Gasteiger partial charge in [-0.15, -0.1) is 11.3 Å². The standard InChI is InChI=1S/C12H10O4S2.K/c1-8-3-2-4-9(5-8)12(13)10-6-11(17-7-10)18(14,15)16;/h2-7H,1H3,(H,14,15,16);/q;+1/p-1. The maximum Gasteiger partial charge on any atom is 1.00 e. The van der Waals surface area contributed by atoms with Crippen LogP contribution in [0.4, 0.5) is 0 Å². The van der Waals surface area contributed by atoms with Gasteiger partial charge >= 0.3 is 51.4 Å². The number of benzene rings is 1. The first-order valence-electron chi connectivity index (χ1n) is 5.04. The summed E-state index contributed by atoms with van der Waals surface area (Å²) in [5, 5.41) is 1.38. The number of ketones is 1. The molecule has 0 N–H and O–H groups in total. The molecule has 0 saturated heterocycles. The minimum Gasteiger partial charge on any atom is -0.743 e. The van der Waals surface area contributed by atoms with Gasteiger partial charge in [0.15, 0.2) is 5.78 Å². The van der Waals surface area contributed by atoms with Crippen molar-refractivity contribution in [3.8, 4) is 0 Å². The second kappa shape index (κ2) is 6.73. The number of hydrogen-bond acceptors (Lipinski definition) is 5. The van der Waals surface area contributed by atoms with Crippen LogP contribution in [-0.4, -0.2) is 18.8 Å². The zero-order valence-corrected chi connectivity index (χ0v) is 15.2. The molecule has 0 spiro atoms. The van der Waals surface area contributed by atoms with Crippen molar-refractivity contribution in [1.82, 2.24) is 0 Å². The van der Waals surface area contributed by atoms with Crippen LogP contribution in [0.5, 0.6) is 0 Å². The molecule has 1 aromatic carbocycles. The van der Waals surface area contributed by atoms with Gasteiger partial charge in [-0.3, -0.25) is 4.79 Å². The number of thiophene rings is 1. The van der Waals surface area contributed by atoms with Crippen molar-refractivity contribution in [3.63, 3.8) is 0 Å². The molecular formula is C12H9KO4S2. The molecule has 4 nitrogen and oxygen atoms in total. The van der Waals surface area contributed by atoms with Gasteiger partial charge < -0.3 is 4.55 Å². The molecule has 19 heavy (non-hydrogen) atoms. The average Bonchev–Trinajstić information content (AvgIpc) is 2.77. The molecule has 1 heterocycles. The van der Waals surface area contributed by atoms with E-state index < -0.39 is 10.1 Å². The first-order chi connectivity index (χ1) is 8.38. The van der Waals surface area contributed by atoms with E-state index >= 15 is 0 Å². The van der Waals surface area contributed by atoms with E-state index in [2.05, 4.69) is 0 Å². The number of hydrogen-bond donors (Lipinski definition) is 0. The Morgan fingerprint density at radius 3 is 2.42 bits per heavy atom. The summed E-state index contributed by atoms with van der Waals surface area (Å²) in [7, 11) is -4.49. The molecule has 0 unspecified atom stereocenters. The summed E-state index contributed by atoms with van der Waals surface area (Å²) in [5.74, 6) is -0.287. The van der Waals surface area contributed by atoms with Crippen LogP contribution in [0.25, 0.3) is 0 Å². The minimum atomic E-state index is -4.49. The van der Waals surface area contributed by atoms with Gasteiger partial charge in [0.2, 0.25) is 0 Å². The summed E-state index contributed by atoms with van der Waals surface area (Å²) in [5.41, 5.74) is 1.63. The molecule has 0 atom stereocenters. The van der Waals surface area contributed by atoms with Crippen LogP contribution in [0.2, 0.25) is 0 Å². The quantitative estimate of drug-likeness (QED) is 0.421. The Kier molecular flexibility index (Phi) is 6.09. The predicted molar refractivity (Wildman–Crippen MR) is 66.9 cm³/mol. The molecule has 2 rings (SSSR count). The number of carbonyl (C=O) groups is 1. The van der Waals surface area contributed by atoms with Crippen LogP contribution in [0.3, 0.4) is 0 Å². The summed E-state index contributed by atoms with van der Waals surface area (Å²) in [6.45, 7) is 1.86. The monoisotopic (exact) mass is 320 g/mol. The van der Waals surface area contributed by atoms with Crippen molar-refractivity contribution in [3.05, 3.63) is 52.4 Å². The molecule has 1 aromatic heterocycles. The van der Waals surface area contributed by atoms with Gasteiger partial charge in [0.1, 0.15) is 14.3 Å². The predicted octanol–water partition coefficient (Wildman–Crippen LogP) is -0.804. The Hall–Kier alpha value is 0.136. The molecular weight excluding hydrogens is 311 g/mol. The fourth-order valence-electron chi connectivity index (χ4n) is 1.52. The minimum absolute atomic E-state index is 0. The van der Waals surface area contributed by atoms with E-state index in [-0.39, 0.29) is 66.9 Å². The largest absolute Gasteiger partial charge is 1.00 e. The molecule has 0 aliphatic carbocycles. The Labute approximate surface area is 158 Å². The summed E-state index contributed by atoms with van der Waals surface area (Å²) < 4.78 is 32.1. The van der Waals surface area contributed by atoms with E-state index in [1.54, 1.807) is 18.2 Å². The van der Waals surface area contributed by atoms with Crippen LogP contribution < -0.4 is 51.4 Å². The van der Waals surface area contributed by atoms with Gasteiger partial charge in [-0.25, -0.2) is 8.42 Å². The van der Waals surface area contributed by atoms with E-state index in [1.165, 1.54) is 5.38 Å². The first kappa shape index (κ1) is 17.2. The van der Waals surface area contributed by atoms with E-state index in [1.807, 2.05) is 13.0 Å². The van der Waals surface area contributed by atoms with Crippen molar-refractivity contribution < 1.29 is 69.1 Å². The van der Waals surface area contributed by atoms with E-state index in [0.29, 0.717) is 5.56 Å². The maximum atomic E-state index is 12.0. The van der Waals surface area contributed by atoms with Crippen molar-refractivity contribution >= 4 is 27.2 Å². The maximum absolute atomic E-state index is 12.0. The second-order valence-electron chi connectivity index (χ2n) is 3.81. The summed E-state index contributed by atoms with van der Waals surface area (Å²) in [4.78, 5) is 12.0. The number of aryl methyl sites for hydroxylation is 1. The van der Waals surface area contributed by atoms with Crippen LogP contribution in [-0.2, 0) is 10.1 Å². The summed E-state index contributed by atoms with van der Waals surface area (Å²) in [6, 6.07) is 8.10. The molecule has 2 aromatic rings. The van der Waals surface area contributed by atoms with Gasteiger partial charge in [0.25, 0.3) is 0 Å². The fourth-order valence-corrected chi connectivity index (χ4v) is 3.02. The van der Waals surface area contributed by atoms with Gasteiger partial charge in [-0.2, -0.15) is 0 Å². The van der Waals surface area contributed by atoms with Gasteiger partial charge in [-0.05, 0) is 19.1 Å². The molecule has 7 heteroatoms. The molecule has 0 amide bonds. The second-order valence-corrected chi connectivity index (χ2v) is 6.32. The number of carbonyl (C=O) groups excluding carboxylic acids is 1. The van der Waals surface area contributed by atoms with Crippen molar-refractivity contribution in [2.75, 3.05) is 0 Å². The molecule has 0 saturated carbocycles. The molecule has 0 bridgehead atoms. The Bertz CT molecular complexity index is 704. The van der Waals surface area contributed by atoms with Crippen LogP contribution in [0.15, 0.2) is 39.9 Å². The zero-order chi connectivity index (χ0) is 13.3. The summed E-state index contributed by atoms with van der Waals surface area (Å²) in [6.07, 6.45) is 0. The van der Waals surface area contributed by atoms with Gasteiger partial charge in [0.05, 0.1) is 0 Å². The Morgan fingerprint density at radius 1 is 1.21 bits per heavy atom. The Balaban J connectivity index is 0.00000180. The van der Waals surface area contributed by atoms with E-state index in [9.17, 15) is 17.8 Å². The molecule has 94 valence electrons. The molecule has 0 aliphatic rings.